The van der Waals surface area contributed by atoms with Crippen LogP contribution in [0.4, 0.5) is 0 Å². The molecule has 0 radical (unpaired) electrons. The molecule has 1 N–H and O–H groups in total. The molecule has 2 aliphatic rings. The Kier molecular flexibility index (Phi) is 3.84. The summed E-state index contributed by atoms with van der Waals surface area (Å²) in [6, 6.07) is 0.562. The van der Waals surface area contributed by atoms with Crippen molar-refractivity contribution >= 4 is 0 Å². The lowest BCUT2D eigenvalue weighted by molar-refractivity contribution is -0.179. The van der Waals surface area contributed by atoms with Gasteiger partial charge in [0.25, 0.3) is 0 Å². The summed E-state index contributed by atoms with van der Waals surface area (Å²) < 4.78 is 13.5. The van der Waals surface area contributed by atoms with Gasteiger partial charge in [0.1, 0.15) is 0 Å². The first-order chi connectivity index (χ1) is 9.60. The molecule has 1 spiro atoms. The average molecular weight is 279 g/mol. The van der Waals surface area contributed by atoms with Crippen LogP contribution in [0.1, 0.15) is 42.6 Å². The van der Waals surface area contributed by atoms with E-state index in [1.807, 2.05) is 11.7 Å². The Morgan fingerprint density at radius 3 is 2.45 bits per heavy atom. The van der Waals surface area contributed by atoms with Crippen molar-refractivity contribution in [3.05, 3.63) is 17.0 Å². The van der Waals surface area contributed by atoms with Crippen molar-refractivity contribution in [3.8, 4) is 0 Å². The average Bonchev–Trinajstić information content (AvgIpc) is 2.98. The minimum atomic E-state index is -0.252. The first-order valence-corrected chi connectivity index (χ1v) is 7.60. The predicted octanol–water partition coefficient (Wildman–Crippen LogP) is 1.81. The summed E-state index contributed by atoms with van der Waals surface area (Å²) in [5.74, 6) is -0.252. The number of hydrogen-bond donors (Lipinski definition) is 1. The second-order valence-corrected chi connectivity index (χ2v) is 6.04. The van der Waals surface area contributed by atoms with Gasteiger partial charge >= 0.3 is 0 Å². The van der Waals surface area contributed by atoms with Crippen LogP contribution in [0.15, 0.2) is 0 Å². The van der Waals surface area contributed by atoms with Gasteiger partial charge in [0.05, 0.1) is 18.9 Å². The lowest BCUT2D eigenvalue weighted by Crippen LogP contribution is -2.41. The smallest absolute Gasteiger partial charge is 0.168 e. The molecule has 1 saturated heterocycles. The molecule has 5 heteroatoms. The van der Waals surface area contributed by atoms with E-state index >= 15 is 0 Å². The molecule has 0 bridgehead atoms. The summed E-state index contributed by atoms with van der Waals surface area (Å²) >= 11 is 0. The van der Waals surface area contributed by atoms with Gasteiger partial charge in [-0.15, -0.1) is 0 Å². The van der Waals surface area contributed by atoms with Gasteiger partial charge < -0.3 is 14.8 Å². The number of rotatable bonds is 3. The summed E-state index contributed by atoms with van der Waals surface area (Å²) in [7, 11) is 2.00. The Balaban J connectivity index is 1.52. The third-order valence-electron chi connectivity index (χ3n) is 4.79. The van der Waals surface area contributed by atoms with Gasteiger partial charge in [-0.05, 0) is 26.7 Å². The number of aryl methyl sites for hydroxylation is 2. The zero-order valence-corrected chi connectivity index (χ0v) is 12.7. The standard InChI is InChI=1S/C15H25N3O2/c1-11-14(12(2)18(3)17-11)10-16-13-4-6-15(7-5-13)19-8-9-20-15/h13,16H,4-10H2,1-3H3. The van der Waals surface area contributed by atoms with E-state index < -0.39 is 0 Å². The van der Waals surface area contributed by atoms with Crippen LogP contribution >= 0.6 is 0 Å². The van der Waals surface area contributed by atoms with Crippen molar-refractivity contribution in [1.29, 1.82) is 0 Å². The number of nitrogens with one attached hydrogen (secondary N) is 1. The molecule has 1 aromatic heterocycles. The summed E-state index contributed by atoms with van der Waals surface area (Å²) in [6.45, 7) is 6.64. The van der Waals surface area contributed by atoms with Crippen molar-refractivity contribution in [2.24, 2.45) is 7.05 Å². The van der Waals surface area contributed by atoms with Crippen LogP contribution in [0, 0.1) is 13.8 Å². The van der Waals surface area contributed by atoms with E-state index in [0.717, 1.165) is 51.1 Å². The molecule has 1 saturated carbocycles. The molecule has 0 aromatic carbocycles. The van der Waals surface area contributed by atoms with E-state index in [2.05, 4.69) is 24.3 Å². The highest BCUT2D eigenvalue weighted by Crippen LogP contribution is 2.35. The van der Waals surface area contributed by atoms with Gasteiger partial charge in [0.2, 0.25) is 0 Å². The Morgan fingerprint density at radius 1 is 1.25 bits per heavy atom. The fraction of sp³-hybridized carbons (Fsp3) is 0.800. The summed E-state index contributed by atoms with van der Waals surface area (Å²) in [4.78, 5) is 0. The van der Waals surface area contributed by atoms with Crippen molar-refractivity contribution in [2.45, 2.75) is 57.9 Å². The quantitative estimate of drug-likeness (QED) is 0.917. The van der Waals surface area contributed by atoms with Gasteiger partial charge in [0.15, 0.2) is 5.79 Å². The highest BCUT2D eigenvalue weighted by molar-refractivity contribution is 5.24. The van der Waals surface area contributed by atoms with Gasteiger partial charge in [-0.25, -0.2) is 0 Å². The van der Waals surface area contributed by atoms with Gasteiger partial charge in [-0.1, -0.05) is 0 Å². The largest absolute Gasteiger partial charge is 0.348 e. The van der Waals surface area contributed by atoms with Crippen molar-refractivity contribution in [3.63, 3.8) is 0 Å². The molecule has 2 fully saturated rings. The number of aromatic nitrogens is 2. The maximum absolute atomic E-state index is 5.77. The molecule has 20 heavy (non-hydrogen) atoms. The van der Waals surface area contributed by atoms with Gasteiger partial charge in [-0.3, -0.25) is 4.68 Å². The van der Waals surface area contributed by atoms with E-state index in [-0.39, 0.29) is 5.79 Å². The lowest BCUT2D eigenvalue weighted by Gasteiger charge is -2.35. The molecule has 3 rings (SSSR count). The topological polar surface area (TPSA) is 48.3 Å². The molecular weight excluding hydrogens is 254 g/mol. The van der Waals surface area contributed by atoms with Crippen molar-refractivity contribution < 1.29 is 9.47 Å². The summed E-state index contributed by atoms with van der Waals surface area (Å²) in [6.07, 6.45) is 4.27. The minimum Gasteiger partial charge on any atom is -0.348 e. The van der Waals surface area contributed by atoms with Crippen molar-refractivity contribution in [1.82, 2.24) is 15.1 Å². The van der Waals surface area contributed by atoms with Crippen molar-refractivity contribution in [2.75, 3.05) is 13.2 Å². The van der Waals surface area contributed by atoms with E-state index in [1.165, 1.54) is 11.3 Å². The third kappa shape index (κ3) is 2.62. The van der Waals surface area contributed by atoms with Gasteiger partial charge in [0, 0.05) is 43.7 Å². The Morgan fingerprint density at radius 2 is 1.90 bits per heavy atom. The minimum absolute atomic E-state index is 0.252. The second kappa shape index (κ2) is 5.47. The van der Waals surface area contributed by atoms with E-state index in [4.69, 9.17) is 9.47 Å². The van der Waals surface area contributed by atoms with Crippen LogP contribution in [0.5, 0.6) is 0 Å². The maximum Gasteiger partial charge on any atom is 0.168 e. The molecule has 1 aliphatic carbocycles. The zero-order chi connectivity index (χ0) is 14.2. The van der Waals surface area contributed by atoms with Gasteiger partial charge in [-0.2, -0.15) is 5.10 Å². The van der Waals surface area contributed by atoms with Crippen LogP contribution in [0.3, 0.4) is 0 Å². The number of hydrogen-bond acceptors (Lipinski definition) is 4. The van der Waals surface area contributed by atoms with E-state index in [1.54, 1.807) is 0 Å². The first kappa shape index (κ1) is 14.0. The highest BCUT2D eigenvalue weighted by Gasteiger charge is 2.40. The van der Waals surface area contributed by atoms with Crippen LogP contribution < -0.4 is 5.32 Å². The molecule has 1 aromatic rings. The number of nitrogens with zero attached hydrogens (tertiary/aromatic N) is 2. The normalized spacial score (nSPS) is 22.8. The number of ether oxygens (including phenoxy) is 2. The fourth-order valence-corrected chi connectivity index (χ4v) is 3.37. The zero-order valence-electron chi connectivity index (χ0n) is 12.7. The van der Waals surface area contributed by atoms with Crippen LogP contribution in [0.2, 0.25) is 0 Å². The predicted molar refractivity (Wildman–Crippen MR) is 76.4 cm³/mol. The van der Waals surface area contributed by atoms with E-state index in [9.17, 15) is 0 Å². The molecule has 112 valence electrons. The summed E-state index contributed by atoms with van der Waals surface area (Å²) in [5, 5.41) is 8.14. The molecule has 0 atom stereocenters. The third-order valence-corrected chi connectivity index (χ3v) is 4.79. The molecule has 2 heterocycles. The molecule has 5 nitrogen and oxygen atoms in total. The first-order valence-electron chi connectivity index (χ1n) is 7.60. The Labute approximate surface area is 120 Å². The Bertz CT molecular complexity index is 468. The van der Waals surface area contributed by atoms with Crippen LogP contribution in [0.25, 0.3) is 0 Å². The second-order valence-electron chi connectivity index (χ2n) is 6.04. The van der Waals surface area contributed by atoms with E-state index in [0.29, 0.717) is 6.04 Å². The molecule has 0 amide bonds. The SMILES string of the molecule is Cc1nn(C)c(C)c1CNC1CCC2(CC1)OCCO2. The van der Waals surface area contributed by atoms with Crippen LogP contribution in [-0.2, 0) is 23.1 Å². The van der Waals surface area contributed by atoms with Crippen LogP contribution in [-0.4, -0.2) is 34.8 Å². The lowest BCUT2D eigenvalue weighted by atomic mass is 9.90. The fourth-order valence-electron chi connectivity index (χ4n) is 3.37. The maximum atomic E-state index is 5.77. The summed E-state index contributed by atoms with van der Waals surface area (Å²) in [5.41, 5.74) is 3.72. The molecular formula is C15H25N3O2. The molecule has 1 aliphatic heterocycles. The highest BCUT2D eigenvalue weighted by atomic mass is 16.7. The molecule has 0 unspecified atom stereocenters. The monoisotopic (exact) mass is 279 g/mol. The Hall–Kier alpha value is -0.910.